The molecule has 0 aromatic heterocycles. The Morgan fingerprint density at radius 1 is 1.41 bits per heavy atom. The number of hydrogen-bond donors (Lipinski definition) is 1. The van der Waals surface area contributed by atoms with Crippen LogP contribution < -0.4 is 0 Å². The Balaban J connectivity index is 2.31. The quantitative estimate of drug-likeness (QED) is 0.793. The zero-order valence-electron chi connectivity index (χ0n) is 13.6. The summed E-state index contributed by atoms with van der Waals surface area (Å²) in [5.41, 5.74) is 1.33. The van der Waals surface area contributed by atoms with Crippen LogP contribution in [-0.4, -0.2) is 24.4 Å². The molecule has 0 aliphatic carbocycles. The van der Waals surface area contributed by atoms with Crippen LogP contribution in [0.2, 0.25) is 0 Å². The van der Waals surface area contributed by atoms with E-state index in [0.717, 1.165) is 36.3 Å². The smallest absolute Gasteiger partial charge is 0.132 e. The van der Waals surface area contributed by atoms with Crippen LogP contribution in [0, 0.1) is 5.41 Å². The van der Waals surface area contributed by atoms with Crippen LogP contribution in [0.3, 0.4) is 0 Å². The Bertz CT molecular complexity index is 581. The SMILES string of the molecule is C=N/C(=C(/C)C=N)N1CCCC1c1ccc(C(C)(C)F)cc1. The minimum absolute atomic E-state index is 0.215. The largest absolute Gasteiger partial charge is 0.349 e. The van der Waals surface area contributed by atoms with Gasteiger partial charge in [-0.2, -0.15) is 0 Å². The van der Waals surface area contributed by atoms with Gasteiger partial charge in [0.25, 0.3) is 0 Å². The third kappa shape index (κ3) is 3.26. The molecule has 2 rings (SSSR count). The molecular weight excluding hydrogens is 277 g/mol. The van der Waals surface area contributed by atoms with Crippen molar-refractivity contribution in [3.63, 3.8) is 0 Å². The summed E-state index contributed by atoms with van der Waals surface area (Å²) in [4.78, 5) is 6.32. The standard InChI is InChI=1S/C18H24FN3/c1-13(12-20)17(21-4)22-11-5-6-16(22)14-7-9-15(10-8-14)18(2,3)19/h7-10,12,16,20H,4-6,11H2,1-3H3/b17-13+,20-12?. The number of aliphatic imine (C=N–C) groups is 1. The van der Waals surface area contributed by atoms with Gasteiger partial charge in [0.05, 0.1) is 6.04 Å². The second-order valence-corrected chi connectivity index (χ2v) is 6.25. The minimum atomic E-state index is -1.32. The normalized spacial score (nSPS) is 19.8. The molecule has 1 aromatic rings. The molecule has 4 heteroatoms. The molecule has 1 aromatic carbocycles. The average molecular weight is 301 g/mol. The van der Waals surface area contributed by atoms with Gasteiger partial charge in [-0.05, 0) is 51.5 Å². The maximum atomic E-state index is 14.0. The summed E-state index contributed by atoms with van der Waals surface area (Å²) < 4.78 is 14.0. The second-order valence-electron chi connectivity index (χ2n) is 6.25. The fraction of sp³-hybridized carbons (Fsp3) is 0.444. The highest BCUT2D eigenvalue weighted by atomic mass is 19.1. The number of allylic oxidation sites excluding steroid dienone is 1. The van der Waals surface area contributed by atoms with Crippen LogP contribution in [0.5, 0.6) is 0 Å². The van der Waals surface area contributed by atoms with Crippen LogP contribution in [0.25, 0.3) is 0 Å². The molecule has 1 unspecified atom stereocenters. The van der Waals surface area contributed by atoms with E-state index in [1.165, 1.54) is 6.21 Å². The van der Waals surface area contributed by atoms with Crippen molar-refractivity contribution >= 4 is 12.9 Å². The number of nitrogens with one attached hydrogen (secondary N) is 1. The fourth-order valence-corrected chi connectivity index (χ4v) is 2.97. The van der Waals surface area contributed by atoms with Crippen LogP contribution in [0.1, 0.15) is 50.8 Å². The zero-order valence-corrected chi connectivity index (χ0v) is 13.6. The first-order valence-electron chi connectivity index (χ1n) is 7.62. The number of benzene rings is 1. The lowest BCUT2D eigenvalue weighted by Gasteiger charge is -2.28. The van der Waals surface area contributed by atoms with Gasteiger partial charge >= 0.3 is 0 Å². The number of halogens is 1. The highest BCUT2D eigenvalue weighted by molar-refractivity contribution is 5.76. The van der Waals surface area contributed by atoms with Gasteiger partial charge < -0.3 is 10.3 Å². The second kappa shape index (κ2) is 6.42. The van der Waals surface area contributed by atoms with E-state index >= 15 is 0 Å². The molecule has 1 saturated heterocycles. The summed E-state index contributed by atoms with van der Waals surface area (Å²) in [6.07, 6.45) is 3.42. The Labute approximate surface area is 132 Å². The first kappa shape index (κ1) is 16.4. The first-order valence-corrected chi connectivity index (χ1v) is 7.62. The van der Waals surface area contributed by atoms with Crippen LogP contribution in [0.4, 0.5) is 4.39 Å². The molecule has 0 radical (unpaired) electrons. The third-order valence-electron chi connectivity index (χ3n) is 4.23. The van der Waals surface area contributed by atoms with E-state index in [1.54, 1.807) is 13.8 Å². The van der Waals surface area contributed by atoms with Crippen molar-refractivity contribution < 1.29 is 4.39 Å². The molecule has 0 spiro atoms. The van der Waals surface area contributed by atoms with Gasteiger partial charge in [0, 0.05) is 18.3 Å². The molecule has 3 nitrogen and oxygen atoms in total. The molecule has 1 atom stereocenters. The summed E-state index contributed by atoms with van der Waals surface area (Å²) in [6.45, 7) is 9.56. The Kier molecular flexibility index (Phi) is 4.79. The Morgan fingerprint density at radius 2 is 2.05 bits per heavy atom. The van der Waals surface area contributed by atoms with E-state index in [4.69, 9.17) is 5.41 Å². The molecule has 1 aliphatic rings. The lowest BCUT2D eigenvalue weighted by molar-refractivity contribution is 0.221. The van der Waals surface area contributed by atoms with Gasteiger partial charge in [0.2, 0.25) is 0 Å². The predicted octanol–water partition coefficient (Wildman–Crippen LogP) is 4.61. The lowest BCUT2D eigenvalue weighted by Crippen LogP contribution is -2.23. The summed E-state index contributed by atoms with van der Waals surface area (Å²) in [5.74, 6) is 0.771. The summed E-state index contributed by atoms with van der Waals surface area (Å²) in [5, 5.41) is 7.43. The highest BCUT2D eigenvalue weighted by Gasteiger charge is 2.28. The van der Waals surface area contributed by atoms with E-state index in [9.17, 15) is 4.39 Å². The molecule has 118 valence electrons. The van der Waals surface area contributed by atoms with Crippen molar-refractivity contribution in [2.45, 2.75) is 45.3 Å². The lowest BCUT2D eigenvalue weighted by atomic mass is 9.96. The maximum Gasteiger partial charge on any atom is 0.132 e. The van der Waals surface area contributed by atoms with E-state index < -0.39 is 5.67 Å². The van der Waals surface area contributed by atoms with Crippen LogP contribution in [-0.2, 0) is 5.67 Å². The van der Waals surface area contributed by atoms with Gasteiger partial charge in [0.15, 0.2) is 0 Å². The third-order valence-corrected chi connectivity index (χ3v) is 4.23. The number of hydrogen-bond acceptors (Lipinski definition) is 3. The number of likely N-dealkylation sites (tertiary alicyclic amines) is 1. The zero-order chi connectivity index (χ0) is 16.3. The monoisotopic (exact) mass is 301 g/mol. The fourth-order valence-electron chi connectivity index (χ4n) is 2.97. The van der Waals surface area contributed by atoms with Gasteiger partial charge in [-0.15, -0.1) is 0 Å². The van der Waals surface area contributed by atoms with E-state index in [1.807, 2.05) is 31.2 Å². The molecule has 1 aliphatic heterocycles. The molecule has 1 N–H and O–H groups in total. The van der Waals surface area contributed by atoms with Crippen molar-refractivity contribution in [1.29, 1.82) is 5.41 Å². The number of alkyl halides is 1. The Morgan fingerprint density at radius 3 is 2.55 bits per heavy atom. The first-order chi connectivity index (χ1) is 10.4. The average Bonchev–Trinajstić information content (AvgIpc) is 2.96. The van der Waals surface area contributed by atoms with Crippen molar-refractivity contribution in [3.05, 3.63) is 46.8 Å². The van der Waals surface area contributed by atoms with Crippen molar-refractivity contribution in [1.82, 2.24) is 4.90 Å². The minimum Gasteiger partial charge on any atom is -0.349 e. The van der Waals surface area contributed by atoms with Gasteiger partial charge in [0.1, 0.15) is 11.5 Å². The molecular formula is C18H24FN3. The molecule has 1 fully saturated rings. The van der Waals surface area contributed by atoms with E-state index in [0.29, 0.717) is 5.56 Å². The maximum absolute atomic E-state index is 14.0. The van der Waals surface area contributed by atoms with E-state index in [-0.39, 0.29) is 6.04 Å². The molecule has 1 heterocycles. The molecule has 0 bridgehead atoms. The van der Waals surface area contributed by atoms with Gasteiger partial charge in [-0.1, -0.05) is 24.3 Å². The number of rotatable bonds is 5. The van der Waals surface area contributed by atoms with Gasteiger partial charge in [-0.3, -0.25) is 0 Å². The highest BCUT2D eigenvalue weighted by Crippen LogP contribution is 2.36. The van der Waals surface area contributed by atoms with Crippen LogP contribution in [0.15, 0.2) is 40.7 Å². The molecule has 0 amide bonds. The van der Waals surface area contributed by atoms with Gasteiger partial charge in [-0.25, -0.2) is 9.38 Å². The summed E-state index contributed by atoms with van der Waals surface area (Å²) in [6, 6.07) is 7.94. The number of nitrogens with zero attached hydrogens (tertiary/aromatic N) is 2. The van der Waals surface area contributed by atoms with Crippen molar-refractivity contribution in [2.75, 3.05) is 6.54 Å². The van der Waals surface area contributed by atoms with Crippen molar-refractivity contribution in [2.24, 2.45) is 4.99 Å². The topological polar surface area (TPSA) is 39.5 Å². The Hall–Kier alpha value is -1.97. The van der Waals surface area contributed by atoms with E-state index in [2.05, 4.69) is 16.6 Å². The molecule has 22 heavy (non-hydrogen) atoms. The summed E-state index contributed by atoms with van der Waals surface area (Å²) in [7, 11) is 0. The summed E-state index contributed by atoms with van der Waals surface area (Å²) >= 11 is 0. The molecule has 0 saturated carbocycles. The van der Waals surface area contributed by atoms with Crippen molar-refractivity contribution in [3.8, 4) is 0 Å². The van der Waals surface area contributed by atoms with Crippen LogP contribution >= 0.6 is 0 Å². The predicted molar refractivity (Wildman–Crippen MR) is 90.3 cm³/mol.